The molecular weight excluding hydrogens is 180 g/mol. The molecule has 1 atom stereocenters. The molecule has 0 radical (unpaired) electrons. The Balaban J connectivity index is 2.55. The SMILES string of the molecule is CCC(C)c1cnc2sc(C)cn12. The molecule has 0 aliphatic carbocycles. The third kappa shape index (κ3) is 1.37. The smallest absolute Gasteiger partial charge is 0.194 e. The van der Waals surface area contributed by atoms with Gasteiger partial charge in [-0.15, -0.1) is 11.3 Å². The maximum atomic E-state index is 4.39. The number of hydrogen-bond donors (Lipinski definition) is 0. The maximum Gasteiger partial charge on any atom is 0.194 e. The van der Waals surface area contributed by atoms with E-state index in [9.17, 15) is 0 Å². The second-order valence-corrected chi connectivity index (χ2v) is 4.70. The zero-order valence-corrected chi connectivity index (χ0v) is 9.06. The molecule has 0 N–H and O–H groups in total. The van der Waals surface area contributed by atoms with Gasteiger partial charge in [-0.25, -0.2) is 4.98 Å². The van der Waals surface area contributed by atoms with E-state index in [0.717, 1.165) is 4.96 Å². The second-order valence-electron chi connectivity index (χ2n) is 3.49. The Morgan fingerprint density at radius 1 is 1.62 bits per heavy atom. The van der Waals surface area contributed by atoms with Crippen LogP contribution in [0.2, 0.25) is 0 Å². The van der Waals surface area contributed by atoms with Crippen molar-refractivity contribution < 1.29 is 0 Å². The van der Waals surface area contributed by atoms with E-state index >= 15 is 0 Å². The summed E-state index contributed by atoms with van der Waals surface area (Å²) in [6.45, 7) is 6.58. The predicted molar refractivity (Wildman–Crippen MR) is 56.5 cm³/mol. The number of rotatable bonds is 2. The molecule has 0 aliphatic heterocycles. The van der Waals surface area contributed by atoms with Crippen molar-refractivity contribution in [2.45, 2.75) is 33.1 Å². The minimum Gasteiger partial charge on any atom is -0.294 e. The molecule has 2 heterocycles. The first-order chi connectivity index (χ1) is 6.22. The van der Waals surface area contributed by atoms with Crippen LogP contribution in [0.4, 0.5) is 0 Å². The van der Waals surface area contributed by atoms with Crippen LogP contribution in [0.5, 0.6) is 0 Å². The van der Waals surface area contributed by atoms with Crippen molar-refractivity contribution in [2.75, 3.05) is 0 Å². The highest BCUT2D eigenvalue weighted by Crippen LogP contribution is 2.24. The minimum absolute atomic E-state index is 0.601. The average Bonchev–Trinajstić information content (AvgIpc) is 2.61. The summed E-state index contributed by atoms with van der Waals surface area (Å²) in [5.41, 5.74) is 1.34. The molecule has 0 amide bonds. The van der Waals surface area contributed by atoms with E-state index in [1.807, 2.05) is 6.20 Å². The van der Waals surface area contributed by atoms with Crippen LogP contribution in [-0.2, 0) is 0 Å². The first-order valence-electron chi connectivity index (χ1n) is 4.65. The van der Waals surface area contributed by atoms with Crippen LogP contribution < -0.4 is 0 Å². The number of imidazole rings is 1. The molecule has 0 saturated carbocycles. The molecule has 0 aliphatic rings. The second kappa shape index (κ2) is 3.14. The van der Waals surface area contributed by atoms with E-state index in [0.29, 0.717) is 5.92 Å². The fourth-order valence-corrected chi connectivity index (χ4v) is 2.30. The molecule has 0 saturated heterocycles. The lowest BCUT2D eigenvalue weighted by Gasteiger charge is -2.05. The topological polar surface area (TPSA) is 17.3 Å². The number of aryl methyl sites for hydroxylation is 1. The van der Waals surface area contributed by atoms with E-state index in [-0.39, 0.29) is 0 Å². The van der Waals surface area contributed by atoms with E-state index in [2.05, 4.69) is 36.4 Å². The van der Waals surface area contributed by atoms with Gasteiger partial charge in [0.1, 0.15) is 0 Å². The summed E-state index contributed by atoms with van der Waals surface area (Å²) in [4.78, 5) is 6.83. The van der Waals surface area contributed by atoms with Gasteiger partial charge >= 0.3 is 0 Å². The van der Waals surface area contributed by atoms with Crippen molar-refractivity contribution in [3.63, 3.8) is 0 Å². The highest BCUT2D eigenvalue weighted by atomic mass is 32.1. The molecule has 3 heteroatoms. The Morgan fingerprint density at radius 3 is 3.08 bits per heavy atom. The molecule has 2 aromatic heterocycles. The highest BCUT2D eigenvalue weighted by Gasteiger charge is 2.10. The summed E-state index contributed by atoms with van der Waals surface area (Å²) >= 11 is 1.75. The van der Waals surface area contributed by atoms with E-state index < -0.39 is 0 Å². The summed E-state index contributed by atoms with van der Waals surface area (Å²) in [6.07, 6.45) is 5.34. The van der Waals surface area contributed by atoms with Crippen LogP contribution in [0.15, 0.2) is 12.4 Å². The van der Waals surface area contributed by atoms with Gasteiger partial charge in [0, 0.05) is 16.8 Å². The van der Waals surface area contributed by atoms with Crippen LogP contribution in [0.1, 0.15) is 36.8 Å². The Morgan fingerprint density at radius 2 is 2.38 bits per heavy atom. The van der Waals surface area contributed by atoms with Crippen LogP contribution in [-0.4, -0.2) is 9.38 Å². The van der Waals surface area contributed by atoms with E-state index in [4.69, 9.17) is 0 Å². The Hall–Kier alpha value is -0.830. The number of aromatic nitrogens is 2. The van der Waals surface area contributed by atoms with Crippen molar-refractivity contribution >= 4 is 16.3 Å². The number of hydrogen-bond acceptors (Lipinski definition) is 2. The number of thiazole rings is 1. The third-order valence-corrected chi connectivity index (χ3v) is 3.38. The van der Waals surface area contributed by atoms with Gasteiger partial charge in [-0.1, -0.05) is 13.8 Å². The van der Waals surface area contributed by atoms with E-state index in [1.54, 1.807) is 11.3 Å². The van der Waals surface area contributed by atoms with Gasteiger partial charge in [-0.2, -0.15) is 0 Å². The predicted octanol–water partition coefficient (Wildman–Crippen LogP) is 3.22. The Kier molecular flexibility index (Phi) is 2.12. The largest absolute Gasteiger partial charge is 0.294 e. The molecule has 2 aromatic rings. The van der Waals surface area contributed by atoms with Gasteiger partial charge in [-0.05, 0) is 19.3 Å². The zero-order chi connectivity index (χ0) is 9.42. The minimum atomic E-state index is 0.601. The van der Waals surface area contributed by atoms with Crippen molar-refractivity contribution in [1.29, 1.82) is 0 Å². The first kappa shape index (κ1) is 8.75. The van der Waals surface area contributed by atoms with Gasteiger partial charge in [0.2, 0.25) is 0 Å². The summed E-state index contributed by atoms with van der Waals surface area (Å²) in [5.74, 6) is 0.601. The van der Waals surface area contributed by atoms with E-state index in [1.165, 1.54) is 17.0 Å². The molecule has 70 valence electrons. The van der Waals surface area contributed by atoms with Gasteiger partial charge in [0.25, 0.3) is 0 Å². The molecule has 0 fully saturated rings. The maximum absolute atomic E-state index is 4.39. The molecular formula is C10H14N2S. The summed E-state index contributed by atoms with van der Waals surface area (Å²) in [7, 11) is 0. The summed E-state index contributed by atoms with van der Waals surface area (Å²) in [6, 6.07) is 0. The highest BCUT2D eigenvalue weighted by molar-refractivity contribution is 7.16. The lowest BCUT2D eigenvalue weighted by molar-refractivity contribution is 0.701. The molecule has 2 rings (SSSR count). The Bertz CT molecular complexity index is 413. The molecule has 0 spiro atoms. The van der Waals surface area contributed by atoms with Crippen molar-refractivity contribution in [1.82, 2.24) is 9.38 Å². The molecule has 0 bridgehead atoms. The van der Waals surface area contributed by atoms with Crippen molar-refractivity contribution in [3.05, 3.63) is 23.0 Å². The molecule has 13 heavy (non-hydrogen) atoms. The van der Waals surface area contributed by atoms with Gasteiger partial charge < -0.3 is 0 Å². The lowest BCUT2D eigenvalue weighted by atomic mass is 10.1. The zero-order valence-electron chi connectivity index (χ0n) is 8.24. The number of nitrogens with zero attached hydrogens (tertiary/aromatic N) is 2. The standard InChI is InChI=1S/C10H14N2S/c1-4-7(2)9-5-11-10-12(9)6-8(3)13-10/h5-7H,4H2,1-3H3. The molecule has 2 nitrogen and oxygen atoms in total. The number of fused-ring (bicyclic) bond motifs is 1. The molecule has 1 unspecified atom stereocenters. The van der Waals surface area contributed by atoms with Gasteiger partial charge in [-0.3, -0.25) is 4.40 Å². The molecule has 0 aromatic carbocycles. The average molecular weight is 194 g/mol. The van der Waals surface area contributed by atoms with Crippen LogP contribution in [0.25, 0.3) is 4.96 Å². The third-order valence-electron chi connectivity index (χ3n) is 2.47. The van der Waals surface area contributed by atoms with Crippen molar-refractivity contribution in [3.8, 4) is 0 Å². The fraction of sp³-hybridized carbons (Fsp3) is 0.500. The normalized spacial score (nSPS) is 13.8. The monoisotopic (exact) mass is 194 g/mol. The first-order valence-corrected chi connectivity index (χ1v) is 5.47. The van der Waals surface area contributed by atoms with Crippen LogP contribution in [0, 0.1) is 6.92 Å². The summed E-state index contributed by atoms with van der Waals surface area (Å²) in [5, 5.41) is 0. The van der Waals surface area contributed by atoms with Crippen LogP contribution >= 0.6 is 11.3 Å². The lowest BCUT2D eigenvalue weighted by Crippen LogP contribution is -1.94. The fourth-order valence-electron chi connectivity index (χ4n) is 1.49. The van der Waals surface area contributed by atoms with Gasteiger partial charge in [0.15, 0.2) is 4.96 Å². The Labute approximate surface area is 82.2 Å². The quantitative estimate of drug-likeness (QED) is 0.717. The van der Waals surface area contributed by atoms with Crippen molar-refractivity contribution in [2.24, 2.45) is 0 Å². The summed E-state index contributed by atoms with van der Waals surface area (Å²) < 4.78 is 2.22. The van der Waals surface area contributed by atoms with Crippen LogP contribution in [0.3, 0.4) is 0 Å². The van der Waals surface area contributed by atoms with Gasteiger partial charge in [0.05, 0.1) is 6.20 Å².